The molecule has 3 N–H and O–H groups in total. The van der Waals surface area contributed by atoms with Gasteiger partial charge in [0.05, 0.1) is 25.4 Å². The van der Waals surface area contributed by atoms with Gasteiger partial charge in [0.2, 0.25) is 5.91 Å². The largest absolute Gasteiger partial charge is 0.466 e. The molecule has 2 atom stereocenters. The average molecular weight is 1230 g/mol. The Morgan fingerprint density at radius 3 is 0.816 bits per heavy atom. The highest BCUT2D eigenvalue weighted by atomic mass is 16.5. The number of unbranched alkanes of at least 4 members (excludes halogenated alkanes) is 63. The summed E-state index contributed by atoms with van der Waals surface area (Å²) >= 11 is 0. The summed E-state index contributed by atoms with van der Waals surface area (Å²) in [5.41, 5.74) is 0. The van der Waals surface area contributed by atoms with Gasteiger partial charge in [-0.25, -0.2) is 0 Å². The van der Waals surface area contributed by atoms with Gasteiger partial charge in [0.25, 0.3) is 0 Å². The van der Waals surface area contributed by atoms with Gasteiger partial charge in [-0.15, -0.1) is 0 Å². The molecule has 0 saturated heterocycles. The van der Waals surface area contributed by atoms with Crippen LogP contribution in [0.3, 0.4) is 0 Å². The quantitative estimate of drug-likeness (QED) is 0.0320. The van der Waals surface area contributed by atoms with Crippen LogP contribution < -0.4 is 5.32 Å². The normalized spacial score (nSPS) is 12.6. The highest BCUT2D eigenvalue weighted by Gasteiger charge is 2.18. The molecular formula is C81H157NO5. The van der Waals surface area contributed by atoms with E-state index in [9.17, 15) is 19.8 Å². The van der Waals surface area contributed by atoms with Crippen molar-refractivity contribution in [3.05, 3.63) is 24.3 Å². The number of hydrogen-bond donors (Lipinski definition) is 3. The molecular weight excluding hydrogens is 1070 g/mol. The first kappa shape index (κ1) is 85.3. The molecule has 87 heavy (non-hydrogen) atoms. The second kappa shape index (κ2) is 76.8. The minimum absolute atomic E-state index is 0.0196. The van der Waals surface area contributed by atoms with Crippen LogP contribution in [0.1, 0.15) is 457 Å². The number of allylic oxidation sites excluding steroid dienone is 3. The highest BCUT2D eigenvalue weighted by molar-refractivity contribution is 5.76. The van der Waals surface area contributed by atoms with Gasteiger partial charge in [-0.2, -0.15) is 0 Å². The van der Waals surface area contributed by atoms with E-state index >= 15 is 0 Å². The third kappa shape index (κ3) is 73.3. The lowest BCUT2D eigenvalue weighted by molar-refractivity contribution is -0.143. The van der Waals surface area contributed by atoms with Gasteiger partial charge in [-0.3, -0.25) is 9.59 Å². The van der Waals surface area contributed by atoms with E-state index in [2.05, 4.69) is 31.3 Å². The van der Waals surface area contributed by atoms with Crippen molar-refractivity contribution in [3.63, 3.8) is 0 Å². The summed E-state index contributed by atoms with van der Waals surface area (Å²) < 4.78 is 5.51. The third-order valence-corrected chi connectivity index (χ3v) is 19.0. The van der Waals surface area contributed by atoms with E-state index in [0.717, 1.165) is 38.5 Å². The van der Waals surface area contributed by atoms with Crippen LogP contribution in [-0.2, 0) is 14.3 Å². The Balaban J connectivity index is 3.33. The van der Waals surface area contributed by atoms with E-state index in [4.69, 9.17) is 4.74 Å². The topological polar surface area (TPSA) is 95.9 Å². The van der Waals surface area contributed by atoms with Crippen molar-refractivity contribution in [2.75, 3.05) is 13.2 Å². The van der Waals surface area contributed by atoms with Crippen LogP contribution in [0.5, 0.6) is 0 Å². The first-order valence-corrected chi connectivity index (χ1v) is 40.1. The molecule has 6 heteroatoms. The number of esters is 1. The fourth-order valence-corrected chi connectivity index (χ4v) is 12.9. The predicted molar refractivity (Wildman–Crippen MR) is 384 cm³/mol. The molecule has 0 saturated carbocycles. The predicted octanol–water partition coefficient (Wildman–Crippen LogP) is 26.4. The summed E-state index contributed by atoms with van der Waals surface area (Å²) in [4.78, 5) is 24.7. The smallest absolute Gasteiger partial charge is 0.305 e. The minimum Gasteiger partial charge on any atom is -0.466 e. The van der Waals surface area contributed by atoms with Gasteiger partial charge < -0.3 is 20.3 Å². The van der Waals surface area contributed by atoms with Gasteiger partial charge in [0.1, 0.15) is 0 Å². The van der Waals surface area contributed by atoms with E-state index in [1.807, 2.05) is 6.08 Å². The number of ether oxygens (including phenoxy) is 1. The molecule has 516 valence electrons. The summed E-state index contributed by atoms with van der Waals surface area (Å²) in [5.74, 6) is -0.0392. The van der Waals surface area contributed by atoms with Gasteiger partial charge >= 0.3 is 5.97 Å². The molecule has 0 bridgehead atoms. The molecule has 6 nitrogen and oxygen atoms in total. The maximum atomic E-state index is 12.5. The van der Waals surface area contributed by atoms with Crippen LogP contribution >= 0.6 is 0 Å². The van der Waals surface area contributed by atoms with E-state index in [1.165, 1.54) is 392 Å². The number of carbonyl (C=O) groups is 2. The van der Waals surface area contributed by atoms with Gasteiger partial charge in [-0.05, 0) is 57.8 Å². The second-order valence-corrected chi connectivity index (χ2v) is 27.8. The number of carbonyl (C=O) groups excluding carboxylic acids is 2. The van der Waals surface area contributed by atoms with Crippen LogP contribution in [0.25, 0.3) is 0 Å². The van der Waals surface area contributed by atoms with Crippen molar-refractivity contribution in [1.82, 2.24) is 5.32 Å². The van der Waals surface area contributed by atoms with Crippen molar-refractivity contribution in [3.8, 4) is 0 Å². The zero-order valence-electron chi connectivity index (χ0n) is 59.3. The number of hydrogen-bond acceptors (Lipinski definition) is 5. The maximum absolute atomic E-state index is 12.5. The summed E-state index contributed by atoms with van der Waals surface area (Å²) in [6, 6.07) is -0.625. The molecule has 0 aliphatic rings. The Morgan fingerprint density at radius 1 is 0.310 bits per heavy atom. The SMILES string of the molecule is CCCCCCCCC/C=C\CCCCCCCCCC(=O)OCCCCCCCCCCCCCCCCCCCCCCCCCCCCCCCCCCCC(=O)NC(CO)C(O)/C=C/CCCCCCCCCCCCCCCCCCC. The standard InChI is InChI=1S/C81H157NO5/c1-3-5-7-9-11-13-15-17-19-21-38-41-45-49-53-57-61-65-69-73-79(84)78(77-83)82-80(85)74-70-66-62-58-54-50-46-42-39-36-34-32-30-28-26-24-23-25-27-29-31-33-35-37-40-44-48-52-56-60-64-68-72-76-87-81(86)75-71-67-63-59-55-51-47-43-22-20-18-16-14-12-10-8-6-4-2/h20,22,69,73,78-79,83-84H,3-19,21,23-68,70-72,74-77H2,1-2H3,(H,82,85)/b22-20-,73-69+. The minimum atomic E-state index is -0.842. The van der Waals surface area contributed by atoms with Crippen molar-refractivity contribution in [1.29, 1.82) is 0 Å². The fraction of sp³-hybridized carbons (Fsp3) is 0.926. The lowest BCUT2D eigenvalue weighted by Gasteiger charge is -2.20. The summed E-state index contributed by atoms with van der Waals surface area (Å²) in [6.07, 6.45) is 98.8. The zero-order valence-corrected chi connectivity index (χ0v) is 59.3. The molecule has 0 aromatic heterocycles. The molecule has 0 aromatic carbocycles. The van der Waals surface area contributed by atoms with E-state index in [0.29, 0.717) is 19.4 Å². The summed E-state index contributed by atoms with van der Waals surface area (Å²) in [6.45, 7) is 4.95. The van der Waals surface area contributed by atoms with Crippen molar-refractivity contribution >= 4 is 11.9 Å². The van der Waals surface area contributed by atoms with Crippen molar-refractivity contribution in [2.45, 2.75) is 469 Å². The highest BCUT2D eigenvalue weighted by Crippen LogP contribution is 2.20. The number of aliphatic hydroxyl groups is 2. The van der Waals surface area contributed by atoms with Crippen molar-refractivity contribution in [2.24, 2.45) is 0 Å². The maximum Gasteiger partial charge on any atom is 0.305 e. The Bertz CT molecular complexity index is 1360. The zero-order chi connectivity index (χ0) is 62.8. The van der Waals surface area contributed by atoms with E-state index in [-0.39, 0.29) is 18.5 Å². The van der Waals surface area contributed by atoms with Crippen LogP contribution in [0.15, 0.2) is 24.3 Å². The Morgan fingerprint density at radius 2 is 0.540 bits per heavy atom. The average Bonchev–Trinajstić information content (AvgIpc) is 3.56. The molecule has 2 unspecified atom stereocenters. The molecule has 0 rings (SSSR count). The molecule has 0 fully saturated rings. The van der Waals surface area contributed by atoms with E-state index in [1.54, 1.807) is 6.08 Å². The number of rotatable bonds is 76. The van der Waals surface area contributed by atoms with Crippen LogP contribution in [0.4, 0.5) is 0 Å². The van der Waals surface area contributed by atoms with Crippen LogP contribution in [0.2, 0.25) is 0 Å². The fourth-order valence-electron chi connectivity index (χ4n) is 12.9. The Kier molecular flexibility index (Phi) is 75.3. The van der Waals surface area contributed by atoms with Crippen LogP contribution in [0, 0.1) is 0 Å². The third-order valence-electron chi connectivity index (χ3n) is 19.0. The molecule has 0 aliphatic carbocycles. The first-order valence-electron chi connectivity index (χ1n) is 40.1. The number of nitrogens with one attached hydrogen (secondary N) is 1. The van der Waals surface area contributed by atoms with Crippen molar-refractivity contribution < 1.29 is 24.5 Å². The first-order chi connectivity index (χ1) is 43.0. The second-order valence-electron chi connectivity index (χ2n) is 27.8. The van der Waals surface area contributed by atoms with Gasteiger partial charge in [-0.1, -0.05) is 411 Å². The van der Waals surface area contributed by atoms with Gasteiger partial charge in [0.15, 0.2) is 0 Å². The molecule has 0 radical (unpaired) electrons. The molecule has 0 aliphatic heterocycles. The van der Waals surface area contributed by atoms with E-state index < -0.39 is 12.1 Å². The molecule has 0 spiro atoms. The molecule has 0 aromatic rings. The number of aliphatic hydroxyl groups excluding tert-OH is 2. The summed E-state index contributed by atoms with van der Waals surface area (Å²) in [5, 5.41) is 23.3. The lowest BCUT2D eigenvalue weighted by Crippen LogP contribution is -2.45. The monoisotopic (exact) mass is 1220 g/mol. The Hall–Kier alpha value is -1.66. The molecule has 1 amide bonds. The van der Waals surface area contributed by atoms with Crippen LogP contribution in [-0.4, -0.2) is 47.4 Å². The lowest BCUT2D eigenvalue weighted by atomic mass is 10.0. The molecule has 0 heterocycles. The van der Waals surface area contributed by atoms with Gasteiger partial charge in [0, 0.05) is 12.8 Å². The summed E-state index contributed by atoms with van der Waals surface area (Å²) in [7, 11) is 0. The number of amides is 1. The Labute approximate surface area is 545 Å².